The molecule has 2 aromatic rings. The molecular formula is C14H13N3O3. The van der Waals surface area contributed by atoms with Crippen molar-refractivity contribution in [2.24, 2.45) is 11.8 Å². The van der Waals surface area contributed by atoms with Gasteiger partial charge < -0.3 is 10.4 Å². The van der Waals surface area contributed by atoms with Crippen LogP contribution in [0.1, 0.15) is 6.42 Å². The van der Waals surface area contributed by atoms with Gasteiger partial charge in [0.2, 0.25) is 5.91 Å². The summed E-state index contributed by atoms with van der Waals surface area (Å²) in [7, 11) is 0. The van der Waals surface area contributed by atoms with Gasteiger partial charge in [0.15, 0.2) is 0 Å². The first-order valence-electron chi connectivity index (χ1n) is 6.29. The molecule has 1 heterocycles. The highest BCUT2D eigenvalue weighted by molar-refractivity contribution is 5.98. The minimum atomic E-state index is -0.907. The molecule has 2 unspecified atom stereocenters. The molecule has 6 heteroatoms. The first kappa shape index (κ1) is 12.4. The van der Waals surface area contributed by atoms with E-state index in [1.807, 2.05) is 24.4 Å². The SMILES string of the molecule is O=C(O)C1CC1C(=O)Nc1cccc(-n2cccn2)c1. The van der Waals surface area contributed by atoms with Crippen molar-refractivity contribution in [1.82, 2.24) is 9.78 Å². The number of aliphatic carboxylic acids is 1. The fourth-order valence-corrected chi connectivity index (χ4v) is 2.14. The molecule has 2 atom stereocenters. The van der Waals surface area contributed by atoms with Crippen LogP contribution in [0.3, 0.4) is 0 Å². The van der Waals surface area contributed by atoms with Crippen molar-refractivity contribution in [3.63, 3.8) is 0 Å². The molecule has 1 aliphatic rings. The number of anilines is 1. The predicted octanol–water partition coefficient (Wildman–Crippen LogP) is 1.53. The molecule has 1 aromatic heterocycles. The van der Waals surface area contributed by atoms with Gasteiger partial charge in [0, 0.05) is 18.1 Å². The normalized spacial score (nSPS) is 20.4. The van der Waals surface area contributed by atoms with Crippen molar-refractivity contribution in [3.8, 4) is 5.69 Å². The number of hydrogen-bond acceptors (Lipinski definition) is 3. The summed E-state index contributed by atoms with van der Waals surface area (Å²) < 4.78 is 1.69. The summed E-state index contributed by atoms with van der Waals surface area (Å²) in [6, 6.07) is 9.06. The van der Waals surface area contributed by atoms with Crippen molar-refractivity contribution in [2.45, 2.75) is 6.42 Å². The van der Waals surface area contributed by atoms with Crippen LogP contribution in [-0.4, -0.2) is 26.8 Å². The Bertz CT molecular complexity index is 651. The maximum atomic E-state index is 11.9. The molecule has 6 nitrogen and oxygen atoms in total. The zero-order valence-electron chi connectivity index (χ0n) is 10.6. The maximum absolute atomic E-state index is 11.9. The average Bonchev–Trinajstić information content (AvgIpc) is 3.06. The second-order valence-electron chi connectivity index (χ2n) is 4.78. The summed E-state index contributed by atoms with van der Waals surface area (Å²) >= 11 is 0. The summed E-state index contributed by atoms with van der Waals surface area (Å²) in [6.07, 6.45) is 3.90. The van der Waals surface area contributed by atoms with Gasteiger partial charge in [-0.2, -0.15) is 5.10 Å². The fraction of sp³-hybridized carbons (Fsp3) is 0.214. The topological polar surface area (TPSA) is 84.2 Å². The lowest BCUT2D eigenvalue weighted by atomic mass is 10.2. The van der Waals surface area contributed by atoms with Crippen molar-refractivity contribution in [1.29, 1.82) is 0 Å². The molecule has 102 valence electrons. The first-order valence-corrected chi connectivity index (χ1v) is 6.29. The van der Waals surface area contributed by atoms with Crippen molar-refractivity contribution < 1.29 is 14.7 Å². The molecule has 1 saturated carbocycles. The van der Waals surface area contributed by atoms with E-state index in [1.165, 1.54) is 0 Å². The number of nitrogens with zero attached hydrogens (tertiary/aromatic N) is 2. The molecule has 1 aliphatic carbocycles. The number of rotatable bonds is 4. The number of carbonyl (C=O) groups excluding carboxylic acids is 1. The van der Waals surface area contributed by atoms with Crippen molar-refractivity contribution >= 4 is 17.6 Å². The van der Waals surface area contributed by atoms with E-state index >= 15 is 0 Å². The van der Waals surface area contributed by atoms with E-state index in [-0.39, 0.29) is 5.91 Å². The Kier molecular flexibility index (Phi) is 2.98. The van der Waals surface area contributed by atoms with Crippen LogP contribution in [0.5, 0.6) is 0 Å². The Morgan fingerprint density at radius 3 is 2.80 bits per heavy atom. The summed E-state index contributed by atoms with van der Waals surface area (Å²) in [6.45, 7) is 0. The van der Waals surface area contributed by atoms with Gasteiger partial charge in [-0.15, -0.1) is 0 Å². The molecule has 1 aromatic carbocycles. The van der Waals surface area contributed by atoms with E-state index in [0.717, 1.165) is 5.69 Å². The third-order valence-electron chi connectivity index (χ3n) is 3.33. The van der Waals surface area contributed by atoms with Crippen molar-refractivity contribution in [3.05, 3.63) is 42.7 Å². The number of carbonyl (C=O) groups is 2. The molecule has 1 fully saturated rings. The van der Waals surface area contributed by atoms with Crippen LogP contribution in [0, 0.1) is 11.8 Å². The number of benzene rings is 1. The molecule has 0 spiro atoms. The lowest BCUT2D eigenvalue weighted by Gasteiger charge is -2.07. The highest BCUT2D eigenvalue weighted by atomic mass is 16.4. The van der Waals surface area contributed by atoms with Crippen LogP contribution in [0.4, 0.5) is 5.69 Å². The van der Waals surface area contributed by atoms with Gasteiger partial charge >= 0.3 is 5.97 Å². The number of amides is 1. The molecule has 0 aliphatic heterocycles. The van der Waals surface area contributed by atoms with E-state index in [2.05, 4.69) is 10.4 Å². The third kappa shape index (κ3) is 2.40. The standard InChI is InChI=1S/C14H13N3O3/c18-13(11-8-12(11)14(19)20)16-9-3-1-4-10(7-9)17-6-2-5-15-17/h1-7,11-12H,8H2,(H,16,18)(H,19,20). The van der Waals surface area contributed by atoms with Crippen LogP contribution in [-0.2, 0) is 9.59 Å². The molecule has 2 N–H and O–H groups in total. The van der Waals surface area contributed by atoms with Gasteiger partial charge in [0.05, 0.1) is 17.5 Å². The zero-order valence-corrected chi connectivity index (χ0v) is 10.6. The highest BCUT2D eigenvalue weighted by Gasteiger charge is 2.48. The number of hydrogen-bond donors (Lipinski definition) is 2. The lowest BCUT2D eigenvalue weighted by Crippen LogP contribution is -2.16. The van der Waals surface area contributed by atoms with E-state index in [4.69, 9.17) is 5.11 Å². The molecular weight excluding hydrogens is 258 g/mol. The first-order chi connectivity index (χ1) is 9.65. The molecule has 20 heavy (non-hydrogen) atoms. The monoisotopic (exact) mass is 271 g/mol. The van der Waals surface area contributed by atoms with Gasteiger partial charge in [0.25, 0.3) is 0 Å². The minimum absolute atomic E-state index is 0.241. The van der Waals surface area contributed by atoms with Crippen LogP contribution < -0.4 is 5.32 Å². The van der Waals surface area contributed by atoms with Crippen LogP contribution in [0.15, 0.2) is 42.7 Å². The Labute approximate surface area is 115 Å². The second kappa shape index (κ2) is 4.80. The van der Waals surface area contributed by atoms with E-state index < -0.39 is 17.8 Å². The smallest absolute Gasteiger partial charge is 0.307 e. The van der Waals surface area contributed by atoms with E-state index in [0.29, 0.717) is 12.1 Å². The Morgan fingerprint density at radius 2 is 2.15 bits per heavy atom. The summed E-state index contributed by atoms with van der Waals surface area (Å²) in [5, 5.41) is 15.7. The number of carboxylic acid groups (broad SMARTS) is 1. The number of aromatic nitrogens is 2. The van der Waals surface area contributed by atoms with Crippen LogP contribution in [0.2, 0.25) is 0 Å². The van der Waals surface area contributed by atoms with E-state index in [9.17, 15) is 9.59 Å². The largest absolute Gasteiger partial charge is 0.481 e. The van der Waals surface area contributed by atoms with E-state index in [1.54, 1.807) is 23.0 Å². The summed E-state index contributed by atoms with van der Waals surface area (Å²) in [5.41, 5.74) is 1.47. The third-order valence-corrected chi connectivity index (χ3v) is 3.33. The summed E-state index contributed by atoms with van der Waals surface area (Å²) in [4.78, 5) is 22.6. The molecule has 1 amide bonds. The minimum Gasteiger partial charge on any atom is -0.481 e. The Balaban J connectivity index is 1.71. The van der Waals surface area contributed by atoms with Gasteiger partial charge in [-0.05, 0) is 30.7 Å². The van der Waals surface area contributed by atoms with Gasteiger partial charge in [0.1, 0.15) is 0 Å². The Hall–Kier alpha value is -2.63. The molecule has 0 saturated heterocycles. The number of nitrogens with one attached hydrogen (secondary N) is 1. The van der Waals surface area contributed by atoms with Crippen molar-refractivity contribution in [2.75, 3.05) is 5.32 Å². The highest BCUT2D eigenvalue weighted by Crippen LogP contribution is 2.39. The maximum Gasteiger partial charge on any atom is 0.307 e. The average molecular weight is 271 g/mol. The van der Waals surface area contributed by atoms with Gasteiger partial charge in [-0.3, -0.25) is 9.59 Å². The fourth-order valence-electron chi connectivity index (χ4n) is 2.14. The van der Waals surface area contributed by atoms with Gasteiger partial charge in [-0.25, -0.2) is 4.68 Å². The lowest BCUT2D eigenvalue weighted by molar-refractivity contribution is -0.139. The quantitative estimate of drug-likeness (QED) is 0.883. The van der Waals surface area contributed by atoms with Gasteiger partial charge in [-0.1, -0.05) is 6.07 Å². The molecule has 3 rings (SSSR count). The Morgan fingerprint density at radius 1 is 1.30 bits per heavy atom. The second-order valence-corrected chi connectivity index (χ2v) is 4.78. The number of carboxylic acids is 1. The predicted molar refractivity (Wildman–Crippen MR) is 71.4 cm³/mol. The van der Waals surface area contributed by atoms with Crippen LogP contribution in [0.25, 0.3) is 5.69 Å². The van der Waals surface area contributed by atoms with Crippen LogP contribution >= 0.6 is 0 Å². The molecule has 0 radical (unpaired) electrons. The molecule has 0 bridgehead atoms. The summed E-state index contributed by atoms with van der Waals surface area (Å²) in [5.74, 6) is -2.10. The zero-order chi connectivity index (χ0) is 14.1.